The third-order valence-corrected chi connectivity index (χ3v) is 4.53. The van der Waals surface area contributed by atoms with Gasteiger partial charge in [0, 0.05) is 37.8 Å². The molecule has 2 heterocycles. The van der Waals surface area contributed by atoms with Crippen molar-refractivity contribution in [1.29, 1.82) is 0 Å². The molecule has 10 nitrogen and oxygen atoms in total. The molecule has 10 heteroatoms. The number of rotatable bonds is 4. The maximum atomic E-state index is 12.8. The van der Waals surface area contributed by atoms with E-state index >= 15 is 0 Å². The second kappa shape index (κ2) is 9.68. The summed E-state index contributed by atoms with van der Waals surface area (Å²) in [5.74, 6) is -0.179. The number of carbonyl (C=O) groups is 3. The molecule has 1 aliphatic rings. The maximum absolute atomic E-state index is 12.8. The first-order valence-corrected chi connectivity index (χ1v) is 9.57. The van der Waals surface area contributed by atoms with E-state index in [0.717, 1.165) is 0 Å². The van der Waals surface area contributed by atoms with Crippen LogP contribution in [0.25, 0.3) is 0 Å². The second-order valence-corrected chi connectivity index (χ2v) is 6.55. The summed E-state index contributed by atoms with van der Waals surface area (Å²) in [4.78, 5) is 51.1. The monoisotopic (exact) mass is 414 g/mol. The Morgan fingerprint density at radius 3 is 2.23 bits per heavy atom. The van der Waals surface area contributed by atoms with Crippen molar-refractivity contribution in [3.8, 4) is 5.75 Å². The lowest BCUT2D eigenvalue weighted by Gasteiger charge is -2.22. The number of ether oxygens (including phenoxy) is 2. The fraction of sp³-hybridized carbons (Fsp3) is 0.350. The molecular formula is C20H22N4O6. The van der Waals surface area contributed by atoms with Crippen molar-refractivity contribution in [2.75, 3.05) is 32.8 Å². The number of aromatic nitrogens is 2. The van der Waals surface area contributed by atoms with Crippen LogP contribution < -0.4 is 10.3 Å². The molecule has 0 spiro atoms. The average Bonchev–Trinajstić information content (AvgIpc) is 3.00. The fourth-order valence-corrected chi connectivity index (χ4v) is 3.04. The summed E-state index contributed by atoms with van der Waals surface area (Å²) in [6, 6.07) is 8.85. The molecule has 1 saturated heterocycles. The van der Waals surface area contributed by atoms with Gasteiger partial charge in [0.15, 0.2) is 0 Å². The highest BCUT2D eigenvalue weighted by Crippen LogP contribution is 2.16. The number of hydrogen-bond acceptors (Lipinski definition) is 7. The quantitative estimate of drug-likeness (QED) is 0.591. The minimum Gasteiger partial charge on any atom is -0.434 e. The fourth-order valence-electron chi connectivity index (χ4n) is 3.04. The van der Waals surface area contributed by atoms with E-state index in [1.165, 1.54) is 24.3 Å². The van der Waals surface area contributed by atoms with Crippen LogP contribution >= 0.6 is 0 Å². The lowest BCUT2D eigenvalue weighted by Crippen LogP contribution is -2.37. The van der Waals surface area contributed by atoms with Crippen LogP contribution in [0.1, 0.15) is 34.2 Å². The van der Waals surface area contributed by atoms with Crippen molar-refractivity contribution in [3.63, 3.8) is 0 Å². The average molecular weight is 414 g/mol. The predicted molar refractivity (Wildman–Crippen MR) is 105 cm³/mol. The Hall–Kier alpha value is -3.69. The molecule has 1 aromatic carbocycles. The van der Waals surface area contributed by atoms with Crippen LogP contribution in [0.15, 0.2) is 41.2 Å². The third-order valence-electron chi connectivity index (χ3n) is 4.53. The summed E-state index contributed by atoms with van der Waals surface area (Å²) >= 11 is 0. The van der Waals surface area contributed by atoms with Crippen LogP contribution in [0.5, 0.6) is 5.75 Å². The van der Waals surface area contributed by atoms with Crippen molar-refractivity contribution in [2.45, 2.75) is 13.3 Å². The zero-order valence-corrected chi connectivity index (χ0v) is 16.5. The zero-order chi connectivity index (χ0) is 21.5. The van der Waals surface area contributed by atoms with Crippen molar-refractivity contribution in [2.24, 2.45) is 0 Å². The highest BCUT2D eigenvalue weighted by atomic mass is 16.7. The second-order valence-electron chi connectivity index (χ2n) is 6.55. The van der Waals surface area contributed by atoms with Gasteiger partial charge in [0.25, 0.3) is 17.4 Å². The van der Waals surface area contributed by atoms with E-state index in [-0.39, 0.29) is 35.4 Å². The Kier molecular flexibility index (Phi) is 6.79. The maximum Gasteiger partial charge on any atom is 0.513 e. The Labute approximate surface area is 172 Å². The molecule has 30 heavy (non-hydrogen) atoms. The molecule has 0 aliphatic carbocycles. The van der Waals surface area contributed by atoms with E-state index in [9.17, 15) is 19.2 Å². The van der Waals surface area contributed by atoms with Crippen molar-refractivity contribution < 1.29 is 23.9 Å². The molecule has 0 radical (unpaired) electrons. The summed E-state index contributed by atoms with van der Waals surface area (Å²) in [6.45, 7) is 3.60. The molecule has 0 bridgehead atoms. The smallest absolute Gasteiger partial charge is 0.434 e. The molecular weight excluding hydrogens is 392 g/mol. The minimum atomic E-state index is -0.800. The van der Waals surface area contributed by atoms with Crippen LogP contribution in [0, 0.1) is 0 Å². The molecule has 0 unspecified atom stereocenters. The highest BCUT2D eigenvalue weighted by Gasteiger charge is 2.24. The van der Waals surface area contributed by atoms with Gasteiger partial charge in [-0.15, -0.1) is 0 Å². The molecule has 1 fully saturated rings. The number of nitrogens with zero attached hydrogens (tertiary/aromatic N) is 3. The Morgan fingerprint density at radius 1 is 0.967 bits per heavy atom. The third kappa shape index (κ3) is 5.22. The first-order valence-electron chi connectivity index (χ1n) is 9.57. The van der Waals surface area contributed by atoms with Gasteiger partial charge in [-0.1, -0.05) is 0 Å². The summed E-state index contributed by atoms with van der Waals surface area (Å²) in [5, 5.41) is 6.02. The number of H-pyrrole nitrogens is 1. The number of nitrogens with one attached hydrogen (secondary N) is 1. The van der Waals surface area contributed by atoms with Gasteiger partial charge >= 0.3 is 6.16 Å². The number of carbonyl (C=O) groups excluding carboxylic acids is 3. The molecule has 0 atom stereocenters. The topological polar surface area (TPSA) is 122 Å². The molecule has 158 valence electrons. The van der Waals surface area contributed by atoms with Gasteiger partial charge in [0.1, 0.15) is 11.4 Å². The molecule has 1 N–H and O–H groups in total. The predicted octanol–water partition coefficient (Wildman–Crippen LogP) is 1.29. The van der Waals surface area contributed by atoms with Crippen molar-refractivity contribution >= 4 is 18.0 Å². The van der Waals surface area contributed by atoms with Gasteiger partial charge in [-0.3, -0.25) is 14.4 Å². The van der Waals surface area contributed by atoms with E-state index < -0.39 is 6.16 Å². The standard InChI is InChI=1S/C20H22N4O6/c1-2-29-20(28)30-15-6-4-14(5-7-15)18(26)23-10-3-11-24(13-12-23)19(27)16-8-9-17(25)22-21-16/h4-9H,2-3,10-13H2,1H3,(H,22,25). The first kappa shape index (κ1) is 21.0. The zero-order valence-electron chi connectivity index (χ0n) is 16.5. The van der Waals surface area contributed by atoms with E-state index in [4.69, 9.17) is 9.47 Å². The van der Waals surface area contributed by atoms with Gasteiger partial charge in [-0.25, -0.2) is 9.89 Å². The molecule has 2 amide bonds. The van der Waals surface area contributed by atoms with E-state index in [1.54, 1.807) is 28.9 Å². The first-order chi connectivity index (χ1) is 14.5. The number of hydrogen-bond donors (Lipinski definition) is 1. The van der Waals surface area contributed by atoms with Gasteiger partial charge in [-0.05, 0) is 43.7 Å². The van der Waals surface area contributed by atoms with Gasteiger partial charge in [0.2, 0.25) is 0 Å². The van der Waals surface area contributed by atoms with Crippen LogP contribution in [0.3, 0.4) is 0 Å². The molecule has 2 aromatic rings. The Morgan fingerprint density at radius 2 is 1.63 bits per heavy atom. The van der Waals surface area contributed by atoms with Gasteiger partial charge in [-0.2, -0.15) is 5.10 Å². The molecule has 1 aliphatic heterocycles. The summed E-state index contributed by atoms with van der Waals surface area (Å²) in [5.41, 5.74) is 0.234. The Balaban J connectivity index is 1.60. The van der Waals surface area contributed by atoms with E-state index in [2.05, 4.69) is 10.2 Å². The number of benzene rings is 1. The number of amides is 2. The molecule has 3 rings (SSSR count). The van der Waals surface area contributed by atoms with Crippen LogP contribution in [-0.4, -0.2) is 70.8 Å². The molecule has 0 saturated carbocycles. The summed E-state index contributed by atoms with van der Waals surface area (Å²) < 4.78 is 9.70. The Bertz CT molecular complexity index is 952. The van der Waals surface area contributed by atoms with E-state index in [0.29, 0.717) is 38.2 Å². The normalized spacial score (nSPS) is 14.0. The van der Waals surface area contributed by atoms with E-state index in [1.807, 2.05) is 0 Å². The highest BCUT2D eigenvalue weighted by molar-refractivity contribution is 5.95. The lowest BCUT2D eigenvalue weighted by molar-refractivity contribution is 0.0715. The summed E-state index contributed by atoms with van der Waals surface area (Å²) in [6.07, 6.45) is -0.184. The lowest BCUT2D eigenvalue weighted by atomic mass is 10.2. The minimum absolute atomic E-state index is 0.159. The van der Waals surface area contributed by atoms with Crippen LogP contribution in [0.4, 0.5) is 4.79 Å². The van der Waals surface area contributed by atoms with Gasteiger partial charge < -0.3 is 19.3 Å². The van der Waals surface area contributed by atoms with Crippen LogP contribution in [0.2, 0.25) is 0 Å². The number of aromatic amines is 1. The summed E-state index contributed by atoms with van der Waals surface area (Å²) in [7, 11) is 0. The van der Waals surface area contributed by atoms with Gasteiger partial charge in [0.05, 0.1) is 6.61 Å². The van der Waals surface area contributed by atoms with Crippen LogP contribution in [-0.2, 0) is 4.74 Å². The van der Waals surface area contributed by atoms with Crippen molar-refractivity contribution in [3.05, 3.63) is 58.0 Å². The molecule has 1 aromatic heterocycles. The van der Waals surface area contributed by atoms with Crippen molar-refractivity contribution in [1.82, 2.24) is 20.0 Å². The SMILES string of the molecule is CCOC(=O)Oc1ccc(C(=O)N2CCCN(C(=O)c3ccc(=O)[nH]n3)CC2)cc1. The largest absolute Gasteiger partial charge is 0.513 e.